The number of carbonyl (C=O) groups excluding carboxylic acids is 2. The molecule has 9 heteroatoms. The number of benzene rings is 1. The summed E-state index contributed by atoms with van der Waals surface area (Å²) < 4.78 is 36.8. The van der Waals surface area contributed by atoms with E-state index in [1.54, 1.807) is 0 Å². The van der Waals surface area contributed by atoms with E-state index in [4.69, 9.17) is 9.57 Å². The standard InChI is InChI=1S/C18H18F2N2O5/c1-3-18(17(24)21-13-7-15(26-9-13)16(23)25-2)8-14(22-27-18)10-4-11(19)6-12(20)5-10/h3-6,13,15H,1,7-9H2,2H3,(H,21,24)/t13-,15?,18-/m1/s1. The van der Waals surface area contributed by atoms with Gasteiger partial charge in [-0.1, -0.05) is 11.7 Å². The van der Waals surface area contributed by atoms with Crippen LogP contribution in [0.25, 0.3) is 0 Å². The third-order valence-electron chi connectivity index (χ3n) is 4.46. The lowest BCUT2D eigenvalue weighted by Gasteiger charge is -2.23. The van der Waals surface area contributed by atoms with Gasteiger partial charge in [0.2, 0.25) is 5.60 Å². The Balaban J connectivity index is 1.67. The minimum Gasteiger partial charge on any atom is -0.467 e. The van der Waals surface area contributed by atoms with Crippen LogP contribution in [0.15, 0.2) is 36.0 Å². The first-order valence-corrected chi connectivity index (χ1v) is 8.22. The predicted molar refractivity (Wildman–Crippen MR) is 89.8 cm³/mol. The van der Waals surface area contributed by atoms with Crippen molar-refractivity contribution < 1.29 is 32.7 Å². The summed E-state index contributed by atoms with van der Waals surface area (Å²) in [6.07, 6.45) is 0.752. The average Bonchev–Trinajstić information content (AvgIpc) is 3.28. The molecule has 1 saturated heterocycles. The Kier molecular flexibility index (Phi) is 5.22. The molecule has 0 saturated carbocycles. The van der Waals surface area contributed by atoms with E-state index < -0.39 is 41.3 Å². The van der Waals surface area contributed by atoms with Gasteiger partial charge in [-0.3, -0.25) is 4.79 Å². The van der Waals surface area contributed by atoms with Gasteiger partial charge >= 0.3 is 5.97 Å². The van der Waals surface area contributed by atoms with Crippen LogP contribution in [0.2, 0.25) is 0 Å². The number of halogens is 2. The van der Waals surface area contributed by atoms with Gasteiger partial charge in [-0.05, 0) is 18.2 Å². The van der Waals surface area contributed by atoms with Crippen molar-refractivity contribution in [1.82, 2.24) is 5.32 Å². The first-order chi connectivity index (χ1) is 12.9. The molecule has 2 aliphatic rings. The zero-order valence-electron chi connectivity index (χ0n) is 14.5. The predicted octanol–water partition coefficient (Wildman–Crippen LogP) is 1.46. The van der Waals surface area contributed by atoms with Crippen LogP contribution >= 0.6 is 0 Å². The molecule has 2 heterocycles. The van der Waals surface area contributed by atoms with Gasteiger partial charge in [-0.2, -0.15) is 0 Å². The zero-order valence-corrected chi connectivity index (χ0v) is 14.5. The number of amides is 1. The number of carbonyl (C=O) groups is 2. The Labute approximate surface area is 154 Å². The van der Waals surface area contributed by atoms with Crippen LogP contribution in [0.5, 0.6) is 0 Å². The maximum absolute atomic E-state index is 13.4. The maximum Gasteiger partial charge on any atom is 0.335 e. The Morgan fingerprint density at radius 3 is 2.70 bits per heavy atom. The minimum absolute atomic E-state index is 0.0424. The smallest absolute Gasteiger partial charge is 0.335 e. The van der Waals surface area contributed by atoms with E-state index in [9.17, 15) is 18.4 Å². The first kappa shape index (κ1) is 19.0. The van der Waals surface area contributed by atoms with Gasteiger partial charge in [-0.25, -0.2) is 13.6 Å². The molecule has 7 nitrogen and oxygen atoms in total. The van der Waals surface area contributed by atoms with Gasteiger partial charge in [0.15, 0.2) is 6.10 Å². The Morgan fingerprint density at radius 1 is 1.37 bits per heavy atom. The summed E-state index contributed by atoms with van der Waals surface area (Å²) >= 11 is 0. The summed E-state index contributed by atoms with van der Waals surface area (Å²) in [6.45, 7) is 3.76. The lowest BCUT2D eigenvalue weighted by atomic mass is 9.92. The van der Waals surface area contributed by atoms with E-state index in [0.717, 1.165) is 18.2 Å². The zero-order chi connectivity index (χ0) is 19.6. The van der Waals surface area contributed by atoms with Crippen molar-refractivity contribution in [1.29, 1.82) is 0 Å². The summed E-state index contributed by atoms with van der Waals surface area (Å²) in [6, 6.07) is 2.53. The molecule has 1 unspecified atom stereocenters. The highest BCUT2D eigenvalue weighted by Crippen LogP contribution is 2.29. The Hall–Kier alpha value is -2.81. The first-order valence-electron chi connectivity index (χ1n) is 8.22. The maximum atomic E-state index is 13.4. The van der Waals surface area contributed by atoms with Gasteiger partial charge in [0.05, 0.1) is 25.5 Å². The highest BCUT2D eigenvalue weighted by molar-refractivity contribution is 6.06. The molecular formula is C18H18F2N2O5. The van der Waals surface area contributed by atoms with Crippen LogP contribution in [-0.4, -0.2) is 49.1 Å². The lowest BCUT2D eigenvalue weighted by Crippen LogP contribution is -2.49. The molecule has 0 aliphatic carbocycles. The SMILES string of the molecule is C=C[C@]1(C(=O)N[C@H]2COC(C(=O)OC)C2)CC(c2cc(F)cc(F)c2)=NO1. The molecule has 1 fully saturated rings. The van der Waals surface area contributed by atoms with E-state index in [1.807, 2.05) is 0 Å². The van der Waals surface area contributed by atoms with Crippen LogP contribution in [0.1, 0.15) is 18.4 Å². The van der Waals surface area contributed by atoms with Crippen LogP contribution in [0, 0.1) is 11.6 Å². The van der Waals surface area contributed by atoms with E-state index in [1.165, 1.54) is 13.2 Å². The van der Waals surface area contributed by atoms with Gasteiger partial charge in [0, 0.05) is 24.5 Å². The van der Waals surface area contributed by atoms with Crippen LogP contribution < -0.4 is 5.32 Å². The van der Waals surface area contributed by atoms with Crippen molar-refractivity contribution in [2.24, 2.45) is 5.16 Å². The average molecular weight is 380 g/mol. The number of rotatable bonds is 5. The van der Waals surface area contributed by atoms with E-state index in [-0.39, 0.29) is 30.7 Å². The largest absolute Gasteiger partial charge is 0.467 e. The molecule has 1 N–H and O–H groups in total. The molecule has 3 atom stereocenters. The second kappa shape index (κ2) is 7.43. The number of nitrogens with zero attached hydrogens (tertiary/aromatic N) is 1. The molecule has 0 radical (unpaired) electrons. The van der Waals surface area contributed by atoms with Crippen LogP contribution in [-0.2, 0) is 23.9 Å². The number of hydrogen-bond donors (Lipinski definition) is 1. The van der Waals surface area contributed by atoms with Crippen LogP contribution in [0.4, 0.5) is 8.78 Å². The normalized spacial score (nSPS) is 26.9. The molecule has 1 amide bonds. The van der Waals surface area contributed by atoms with Gasteiger partial charge in [0.1, 0.15) is 11.6 Å². The highest BCUT2D eigenvalue weighted by atomic mass is 19.1. The Bertz CT molecular complexity index is 793. The molecule has 0 bridgehead atoms. The second-order valence-electron chi connectivity index (χ2n) is 6.31. The highest BCUT2D eigenvalue weighted by Gasteiger charge is 2.46. The molecule has 1 aromatic rings. The van der Waals surface area contributed by atoms with Gasteiger partial charge in [-0.15, -0.1) is 0 Å². The van der Waals surface area contributed by atoms with Crippen molar-refractivity contribution in [2.75, 3.05) is 13.7 Å². The number of oxime groups is 1. The summed E-state index contributed by atoms with van der Waals surface area (Å²) in [5, 5.41) is 6.54. The van der Waals surface area contributed by atoms with Crippen molar-refractivity contribution in [2.45, 2.75) is 30.6 Å². The number of esters is 1. The number of hydrogen-bond acceptors (Lipinski definition) is 6. The minimum atomic E-state index is -1.51. The van der Waals surface area contributed by atoms with Crippen molar-refractivity contribution in [3.8, 4) is 0 Å². The summed E-state index contributed by atoms with van der Waals surface area (Å²) in [4.78, 5) is 29.5. The van der Waals surface area contributed by atoms with Gasteiger partial charge < -0.3 is 19.6 Å². The molecule has 0 aromatic heterocycles. The van der Waals surface area contributed by atoms with E-state index in [0.29, 0.717) is 0 Å². The monoisotopic (exact) mass is 380 g/mol. The van der Waals surface area contributed by atoms with E-state index in [2.05, 4.69) is 21.8 Å². The molecule has 27 heavy (non-hydrogen) atoms. The number of methoxy groups -OCH3 is 1. The van der Waals surface area contributed by atoms with Crippen LogP contribution in [0.3, 0.4) is 0 Å². The third kappa shape index (κ3) is 3.82. The van der Waals surface area contributed by atoms with E-state index >= 15 is 0 Å². The fraction of sp³-hybridized carbons (Fsp3) is 0.389. The molecule has 2 aliphatic heterocycles. The van der Waals surface area contributed by atoms with Crippen molar-refractivity contribution >= 4 is 17.6 Å². The number of nitrogens with one attached hydrogen (secondary N) is 1. The van der Waals surface area contributed by atoms with Crippen molar-refractivity contribution in [3.05, 3.63) is 48.1 Å². The fourth-order valence-electron chi connectivity index (χ4n) is 2.98. The second-order valence-corrected chi connectivity index (χ2v) is 6.31. The summed E-state index contributed by atoms with van der Waals surface area (Å²) in [5.74, 6) is -2.57. The number of ether oxygens (including phenoxy) is 2. The molecular weight excluding hydrogens is 362 g/mol. The summed E-state index contributed by atoms with van der Waals surface area (Å²) in [5.41, 5.74) is -1.11. The molecule has 3 rings (SSSR count). The quantitative estimate of drug-likeness (QED) is 0.617. The molecule has 1 aromatic carbocycles. The lowest BCUT2D eigenvalue weighted by molar-refractivity contribution is -0.151. The topological polar surface area (TPSA) is 86.2 Å². The van der Waals surface area contributed by atoms with Gasteiger partial charge in [0.25, 0.3) is 5.91 Å². The molecule has 144 valence electrons. The van der Waals surface area contributed by atoms with Crippen molar-refractivity contribution in [3.63, 3.8) is 0 Å². The third-order valence-corrected chi connectivity index (χ3v) is 4.46. The summed E-state index contributed by atoms with van der Waals surface area (Å²) in [7, 11) is 1.25. The Morgan fingerprint density at radius 2 is 2.07 bits per heavy atom. The fourth-order valence-corrected chi connectivity index (χ4v) is 2.98. The molecule has 0 spiro atoms.